The zero-order chi connectivity index (χ0) is 17.5. The van der Waals surface area contributed by atoms with Crippen LogP contribution < -0.4 is 0 Å². The smallest absolute Gasteiger partial charge is 0.0137 e. The van der Waals surface area contributed by atoms with Crippen LogP contribution in [0.4, 0.5) is 0 Å². The number of allylic oxidation sites excluding steroid dienone is 4. The van der Waals surface area contributed by atoms with E-state index in [9.17, 15) is 0 Å². The van der Waals surface area contributed by atoms with Crippen LogP contribution in [-0.4, -0.2) is 0 Å². The number of rotatable bonds is 3. The third kappa shape index (κ3) is 1.98. The van der Waals surface area contributed by atoms with Crippen LogP contribution in [-0.2, 0) is 0 Å². The molecule has 8 fully saturated rings. The van der Waals surface area contributed by atoms with E-state index in [4.69, 9.17) is 0 Å². The maximum absolute atomic E-state index is 2.72. The van der Waals surface area contributed by atoms with Crippen LogP contribution in [0.25, 0.3) is 0 Å². The number of hydrogen-bond acceptors (Lipinski definition) is 0. The summed E-state index contributed by atoms with van der Waals surface area (Å²) in [5, 5.41) is 0. The first-order chi connectivity index (χ1) is 12.7. The molecule has 0 heterocycles. The average Bonchev–Trinajstić information content (AvgIpc) is 2.59. The Bertz CT molecular complexity index is 603. The van der Waals surface area contributed by atoms with Gasteiger partial charge in [0.05, 0.1) is 0 Å². The van der Waals surface area contributed by atoms with Gasteiger partial charge in [-0.1, -0.05) is 24.3 Å². The summed E-state index contributed by atoms with van der Waals surface area (Å²) < 4.78 is 0. The average molecular weight is 351 g/mol. The van der Waals surface area contributed by atoms with Crippen LogP contribution in [0.2, 0.25) is 0 Å². The van der Waals surface area contributed by atoms with E-state index >= 15 is 0 Å². The van der Waals surface area contributed by atoms with Gasteiger partial charge >= 0.3 is 0 Å². The van der Waals surface area contributed by atoms with Gasteiger partial charge in [-0.3, -0.25) is 0 Å². The summed E-state index contributed by atoms with van der Waals surface area (Å²) in [6, 6.07) is 0. The molecule has 8 saturated carbocycles. The Kier molecular flexibility index (Phi) is 3.48. The second-order valence-corrected chi connectivity index (χ2v) is 11.7. The SMILES string of the molecule is CC=CC1C2CC3CC1C(C=CC)C(C14CC5CC(CC(C5)C1)C4)(C3)C2. The van der Waals surface area contributed by atoms with Crippen molar-refractivity contribution in [3.63, 3.8) is 0 Å². The van der Waals surface area contributed by atoms with Gasteiger partial charge in [0, 0.05) is 0 Å². The molecule has 0 N–H and O–H groups in total. The van der Waals surface area contributed by atoms with Crippen molar-refractivity contribution in [1.29, 1.82) is 0 Å². The zero-order valence-corrected chi connectivity index (χ0v) is 17.0. The van der Waals surface area contributed by atoms with Gasteiger partial charge in [0.2, 0.25) is 0 Å². The van der Waals surface area contributed by atoms with Crippen LogP contribution in [0, 0.1) is 58.2 Å². The van der Waals surface area contributed by atoms with Crippen molar-refractivity contribution in [3.8, 4) is 0 Å². The molecule has 0 nitrogen and oxygen atoms in total. The van der Waals surface area contributed by atoms with Crippen molar-refractivity contribution in [1.82, 2.24) is 0 Å². The Morgan fingerprint density at radius 2 is 1.27 bits per heavy atom. The minimum Gasteiger partial charge on any atom is -0.0914 e. The predicted molar refractivity (Wildman–Crippen MR) is 109 cm³/mol. The molecule has 8 aliphatic carbocycles. The monoisotopic (exact) mass is 350 g/mol. The first-order valence-electron chi connectivity index (χ1n) is 11.9. The van der Waals surface area contributed by atoms with Gasteiger partial charge in [0.25, 0.3) is 0 Å². The summed E-state index contributed by atoms with van der Waals surface area (Å²) in [7, 11) is 0. The molecule has 0 aliphatic heterocycles. The van der Waals surface area contributed by atoms with Crippen LogP contribution in [0.15, 0.2) is 24.3 Å². The van der Waals surface area contributed by atoms with Crippen LogP contribution >= 0.6 is 0 Å². The van der Waals surface area contributed by atoms with Gasteiger partial charge in [-0.25, -0.2) is 0 Å². The molecule has 0 aromatic heterocycles. The third-order valence-electron chi connectivity index (χ3n) is 10.6. The molecule has 0 spiro atoms. The van der Waals surface area contributed by atoms with Gasteiger partial charge in [0.15, 0.2) is 0 Å². The molecule has 0 aromatic rings. The van der Waals surface area contributed by atoms with Gasteiger partial charge in [-0.2, -0.15) is 0 Å². The Morgan fingerprint density at radius 3 is 1.88 bits per heavy atom. The molecule has 142 valence electrons. The summed E-state index contributed by atoms with van der Waals surface area (Å²) in [6.07, 6.45) is 26.1. The van der Waals surface area contributed by atoms with E-state index in [0.717, 1.165) is 52.8 Å². The molecular formula is C26H38. The Hall–Kier alpha value is -0.520. The molecular weight excluding hydrogens is 312 g/mol. The second-order valence-electron chi connectivity index (χ2n) is 11.7. The summed E-state index contributed by atoms with van der Waals surface area (Å²) in [4.78, 5) is 0. The lowest BCUT2D eigenvalue weighted by atomic mass is 9.31. The first-order valence-corrected chi connectivity index (χ1v) is 11.9. The summed E-state index contributed by atoms with van der Waals surface area (Å²) in [5.74, 6) is 8.12. The van der Waals surface area contributed by atoms with Gasteiger partial charge in [-0.05, 0) is 136 Å². The standard InChI is InChI=1S/C26H38/c1-3-5-22-21-10-20-11-23(22)24(6-4-2)26(15-20,16-21)25-12-17-7-18(13-25)9-19(8-17)14-25/h3-6,17-24H,7-16H2,1-2H3. The molecule has 26 heavy (non-hydrogen) atoms. The largest absolute Gasteiger partial charge is 0.0914 e. The van der Waals surface area contributed by atoms with Crippen molar-refractivity contribution in [3.05, 3.63) is 24.3 Å². The van der Waals surface area contributed by atoms with E-state index in [-0.39, 0.29) is 0 Å². The first kappa shape index (κ1) is 16.4. The van der Waals surface area contributed by atoms with E-state index in [0.29, 0.717) is 5.41 Å². The van der Waals surface area contributed by atoms with E-state index in [1.165, 1.54) is 6.42 Å². The van der Waals surface area contributed by atoms with Gasteiger partial charge < -0.3 is 0 Å². The summed E-state index contributed by atoms with van der Waals surface area (Å²) in [6.45, 7) is 4.55. The normalized spacial score (nSPS) is 59.9. The Morgan fingerprint density at radius 1 is 0.654 bits per heavy atom. The molecule has 6 unspecified atom stereocenters. The minimum atomic E-state index is 0.685. The van der Waals surface area contributed by atoms with Gasteiger partial charge in [-0.15, -0.1) is 0 Å². The lowest BCUT2D eigenvalue weighted by Crippen LogP contribution is -2.65. The predicted octanol–water partition coefficient (Wildman–Crippen LogP) is 7.02. The molecule has 8 rings (SSSR count). The van der Waals surface area contributed by atoms with Crippen LogP contribution in [0.1, 0.15) is 78.1 Å². The fourth-order valence-corrected chi connectivity index (χ4v) is 10.7. The summed E-state index contributed by atoms with van der Waals surface area (Å²) in [5.41, 5.74) is 1.42. The molecule has 0 radical (unpaired) electrons. The van der Waals surface area contributed by atoms with E-state index in [2.05, 4.69) is 38.2 Å². The van der Waals surface area contributed by atoms with Crippen molar-refractivity contribution in [2.75, 3.05) is 0 Å². The van der Waals surface area contributed by atoms with Gasteiger partial charge in [0.1, 0.15) is 0 Å². The van der Waals surface area contributed by atoms with E-state index in [1.807, 2.05) is 0 Å². The Labute approximate surface area is 160 Å². The van der Waals surface area contributed by atoms with Crippen molar-refractivity contribution < 1.29 is 0 Å². The summed E-state index contributed by atoms with van der Waals surface area (Å²) >= 11 is 0. The van der Waals surface area contributed by atoms with Crippen LogP contribution in [0.3, 0.4) is 0 Å². The highest BCUT2D eigenvalue weighted by Crippen LogP contribution is 2.77. The molecule has 0 heteroatoms. The molecule has 0 amide bonds. The topological polar surface area (TPSA) is 0 Å². The maximum Gasteiger partial charge on any atom is -0.0137 e. The van der Waals surface area contributed by atoms with Crippen LogP contribution in [0.5, 0.6) is 0 Å². The molecule has 8 bridgehead atoms. The highest BCUT2D eigenvalue weighted by molar-refractivity contribution is 5.23. The quantitative estimate of drug-likeness (QED) is 0.480. The Balaban J connectivity index is 1.46. The van der Waals surface area contributed by atoms with Crippen molar-refractivity contribution >= 4 is 0 Å². The minimum absolute atomic E-state index is 0.685. The molecule has 0 aromatic carbocycles. The maximum atomic E-state index is 2.72. The lowest BCUT2D eigenvalue weighted by molar-refractivity contribution is -0.230. The molecule has 6 atom stereocenters. The highest BCUT2D eigenvalue weighted by atomic mass is 14.7. The van der Waals surface area contributed by atoms with E-state index < -0.39 is 0 Å². The highest BCUT2D eigenvalue weighted by Gasteiger charge is 2.69. The molecule has 0 saturated heterocycles. The third-order valence-corrected chi connectivity index (χ3v) is 10.6. The number of hydrogen-bond donors (Lipinski definition) is 0. The lowest BCUT2D eigenvalue weighted by Gasteiger charge is -2.73. The fourth-order valence-electron chi connectivity index (χ4n) is 10.7. The van der Waals surface area contributed by atoms with E-state index in [1.54, 1.807) is 57.8 Å². The zero-order valence-electron chi connectivity index (χ0n) is 17.0. The second kappa shape index (κ2) is 5.51. The fraction of sp³-hybridized carbons (Fsp3) is 0.846. The van der Waals surface area contributed by atoms with Crippen molar-refractivity contribution in [2.24, 2.45) is 58.2 Å². The molecule has 8 aliphatic rings. The van der Waals surface area contributed by atoms with Crippen molar-refractivity contribution in [2.45, 2.75) is 78.1 Å².